The van der Waals surface area contributed by atoms with Gasteiger partial charge in [-0.3, -0.25) is 0 Å². The number of hydrogen-bond acceptors (Lipinski definition) is 2. The van der Waals surface area contributed by atoms with Crippen LogP contribution in [0.25, 0.3) is 0 Å². The lowest BCUT2D eigenvalue weighted by Crippen LogP contribution is -2.52. The molecule has 98 valence electrons. The largest absolute Gasteiger partial charge is 0.375 e. The lowest BCUT2D eigenvalue weighted by molar-refractivity contribution is -0.106. The van der Waals surface area contributed by atoms with E-state index in [1.165, 1.54) is 19.3 Å². The minimum absolute atomic E-state index is 0.0747. The average Bonchev–Trinajstić information content (AvgIpc) is 2.30. The molecule has 0 unspecified atom stereocenters. The van der Waals surface area contributed by atoms with Gasteiger partial charge in [0, 0.05) is 25.7 Å². The second-order valence-electron chi connectivity index (χ2n) is 5.58. The Labute approximate surface area is 104 Å². The van der Waals surface area contributed by atoms with E-state index >= 15 is 0 Å². The number of piperidine rings is 1. The van der Waals surface area contributed by atoms with Crippen molar-refractivity contribution in [2.24, 2.45) is 0 Å². The van der Waals surface area contributed by atoms with Crippen molar-refractivity contribution in [2.45, 2.75) is 57.6 Å². The standard InChI is InChI=1S/C13H24N2O2/c1-11(2)14-12(16)15-8-6-13(7-9-15)5-3-4-10-17-13/h11H,3-10H2,1-2H3,(H,14,16). The zero-order chi connectivity index (χ0) is 12.3. The Morgan fingerprint density at radius 1 is 1.24 bits per heavy atom. The van der Waals surface area contributed by atoms with Crippen molar-refractivity contribution in [1.82, 2.24) is 10.2 Å². The normalized spacial score (nSPS) is 24.1. The van der Waals surface area contributed by atoms with Gasteiger partial charge in [0.1, 0.15) is 0 Å². The Balaban J connectivity index is 1.82. The molecule has 0 radical (unpaired) electrons. The fraction of sp³-hybridized carbons (Fsp3) is 0.923. The predicted octanol–water partition coefficient (Wildman–Crippen LogP) is 2.14. The minimum Gasteiger partial charge on any atom is -0.375 e. The van der Waals surface area contributed by atoms with E-state index in [0.29, 0.717) is 0 Å². The molecule has 0 bridgehead atoms. The fourth-order valence-corrected chi connectivity index (χ4v) is 2.76. The van der Waals surface area contributed by atoms with E-state index < -0.39 is 0 Å². The van der Waals surface area contributed by atoms with Gasteiger partial charge in [-0.15, -0.1) is 0 Å². The SMILES string of the molecule is CC(C)NC(=O)N1CCC2(CCCCO2)CC1. The highest BCUT2D eigenvalue weighted by Crippen LogP contribution is 2.34. The first-order valence-electron chi connectivity index (χ1n) is 6.81. The number of hydrogen-bond donors (Lipinski definition) is 1. The molecule has 4 heteroatoms. The average molecular weight is 240 g/mol. The predicted molar refractivity (Wildman–Crippen MR) is 67.0 cm³/mol. The van der Waals surface area contributed by atoms with Crippen LogP contribution in [-0.4, -0.2) is 42.3 Å². The van der Waals surface area contributed by atoms with E-state index in [0.717, 1.165) is 32.5 Å². The van der Waals surface area contributed by atoms with E-state index in [4.69, 9.17) is 4.74 Å². The molecule has 0 atom stereocenters. The molecule has 2 rings (SSSR count). The second-order valence-corrected chi connectivity index (χ2v) is 5.58. The number of nitrogens with one attached hydrogen (secondary N) is 1. The van der Waals surface area contributed by atoms with Gasteiger partial charge in [0.25, 0.3) is 0 Å². The second kappa shape index (κ2) is 5.25. The van der Waals surface area contributed by atoms with E-state index in [2.05, 4.69) is 5.32 Å². The third-order valence-electron chi connectivity index (χ3n) is 3.81. The van der Waals surface area contributed by atoms with Gasteiger partial charge in [-0.05, 0) is 46.0 Å². The first-order valence-corrected chi connectivity index (χ1v) is 6.81. The molecule has 2 saturated heterocycles. The molecule has 2 heterocycles. The highest BCUT2D eigenvalue weighted by molar-refractivity contribution is 5.74. The van der Waals surface area contributed by atoms with Gasteiger partial charge in [0.05, 0.1) is 5.60 Å². The summed E-state index contributed by atoms with van der Waals surface area (Å²) in [6, 6.07) is 0.287. The first-order chi connectivity index (χ1) is 8.11. The van der Waals surface area contributed by atoms with E-state index in [1.807, 2.05) is 18.7 Å². The topological polar surface area (TPSA) is 41.6 Å². The van der Waals surface area contributed by atoms with Crippen LogP contribution in [0.1, 0.15) is 46.0 Å². The summed E-state index contributed by atoms with van der Waals surface area (Å²) in [5, 5.41) is 2.95. The summed E-state index contributed by atoms with van der Waals surface area (Å²) >= 11 is 0. The number of carbonyl (C=O) groups excluding carboxylic acids is 1. The van der Waals surface area contributed by atoms with Crippen molar-refractivity contribution in [3.8, 4) is 0 Å². The highest BCUT2D eigenvalue weighted by Gasteiger charge is 2.37. The highest BCUT2D eigenvalue weighted by atomic mass is 16.5. The molecule has 0 saturated carbocycles. The Morgan fingerprint density at radius 2 is 1.94 bits per heavy atom. The lowest BCUT2D eigenvalue weighted by atomic mass is 9.84. The summed E-state index contributed by atoms with van der Waals surface area (Å²) in [5.41, 5.74) is 0.0901. The zero-order valence-corrected chi connectivity index (χ0v) is 11.0. The number of urea groups is 1. The number of likely N-dealkylation sites (tertiary alicyclic amines) is 1. The van der Waals surface area contributed by atoms with Gasteiger partial charge in [0.2, 0.25) is 0 Å². The van der Waals surface area contributed by atoms with Crippen LogP contribution in [0.4, 0.5) is 4.79 Å². The summed E-state index contributed by atoms with van der Waals surface area (Å²) in [7, 11) is 0. The number of carbonyl (C=O) groups is 1. The van der Waals surface area contributed by atoms with Gasteiger partial charge in [-0.25, -0.2) is 4.79 Å². The number of rotatable bonds is 1. The van der Waals surface area contributed by atoms with Crippen molar-refractivity contribution in [2.75, 3.05) is 19.7 Å². The Bertz CT molecular complexity index is 263. The fourth-order valence-electron chi connectivity index (χ4n) is 2.76. The molecule has 0 aromatic heterocycles. The molecule has 0 aliphatic carbocycles. The summed E-state index contributed by atoms with van der Waals surface area (Å²) in [4.78, 5) is 13.8. The van der Waals surface area contributed by atoms with Crippen LogP contribution >= 0.6 is 0 Å². The Morgan fingerprint density at radius 3 is 2.47 bits per heavy atom. The van der Waals surface area contributed by atoms with Gasteiger partial charge < -0.3 is 15.0 Å². The molecular formula is C13H24N2O2. The molecule has 2 fully saturated rings. The third kappa shape index (κ3) is 3.12. The van der Waals surface area contributed by atoms with Crippen LogP contribution in [0.2, 0.25) is 0 Å². The maximum atomic E-state index is 11.9. The molecule has 1 spiro atoms. The van der Waals surface area contributed by atoms with Crippen molar-refractivity contribution < 1.29 is 9.53 Å². The quantitative estimate of drug-likeness (QED) is 0.763. The molecular weight excluding hydrogens is 216 g/mol. The third-order valence-corrected chi connectivity index (χ3v) is 3.81. The monoisotopic (exact) mass is 240 g/mol. The Kier molecular flexibility index (Phi) is 3.92. The molecule has 2 amide bonds. The first kappa shape index (κ1) is 12.7. The maximum Gasteiger partial charge on any atom is 0.317 e. The molecule has 4 nitrogen and oxygen atoms in total. The number of ether oxygens (including phenoxy) is 1. The van der Waals surface area contributed by atoms with E-state index in [9.17, 15) is 4.79 Å². The molecule has 0 aromatic rings. The van der Waals surface area contributed by atoms with Crippen LogP contribution < -0.4 is 5.32 Å². The van der Waals surface area contributed by atoms with Crippen molar-refractivity contribution >= 4 is 6.03 Å². The molecule has 1 N–H and O–H groups in total. The number of amides is 2. The summed E-state index contributed by atoms with van der Waals surface area (Å²) in [6.45, 7) is 6.55. The van der Waals surface area contributed by atoms with Gasteiger partial charge in [0.15, 0.2) is 0 Å². The minimum atomic E-state index is 0.0747. The van der Waals surface area contributed by atoms with Crippen LogP contribution in [0, 0.1) is 0 Å². The smallest absolute Gasteiger partial charge is 0.317 e. The van der Waals surface area contributed by atoms with Crippen molar-refractivity contribution in [3.63, 3.8) is 0 Å². The van der Waals surface area contributed by atoms with Crippen LogP contribution in [-0.2, 0) is 4.74 Å². The molecule has 17 heavy (non-hydrogen) atoms. The van der Waals surface area contributed by atoms with Crippen LogP contribution in [0.5, 0.6) is 0 Å². The molecule has 0 aromatic carbocycles. The molecule has 2 aliphatic rings. The van der Waals surface area contributed by atoms with Crippen LogP contribution in [0.15, 0.2) is 0 Å². The lowest BCUT2D eigenvalue weighted by Gasteiger charge is -2.44. The van der Waals surface area contributed by atoms with Gasteiger partial charge in [-0.1, -0.05) is 0 Å². The Hall–Kier alpha value is -0.770. The van der Waals surface area contributed by atoms with Crippen molar-refractivity contribution in [1.29, 1.82) is 0 Å². The van der Waals surface area contributed by atoms with Crippen molar-refractivity contribution in [3.05, 3.63) is 0 Å². The maximum absolute atomic E-state index is 11.9. The zero-order valence-electron chi connectivity index (χ0n) is 11.0. The van der Waals surface area contributed by atoms with E-state index in [-0.39, 0.29) is 17.7 Å². The molecule has 2 aliphatic heterocycles. The summed E-state index contributed by atoms with van der Waals surface area (Å²) < 4.78 is 5.96. The van der Waals surface area contributed by atoms with Crippen LogP contribution in [0.3, 0.4) is 0 Å². The van der Waals surface area contributed by atoms with Gasteiger partial charge in [-0.2, -0.15) is 0 Å². The summed E-state index contributed by atoms with van der Waals surface area (Å²) in [5.74, 6) is 0. The van der Waals surface area contributed by atoms with Gasteiger partial charge >= 0.3 is 6.03 Å². The summed E-state index contributed by atoms with van der Waals surface area (Å²) in [6.07, 6.45) is 5.64. The number of nitrogens with zero attached hydrogens (tertiary/aromatic N) is 1. The van der Waals surface area contributed by atoms with E-state index in [1.54, 1.807) is 0 Å².